The van der Waals surface area contributed by atoms with Gasteiger partial charge in [0.2, 0.25) is 0 Å². The lowest BCUT2D eigenvalue weighted by atomic mass is 9.86. The van der Waals surface area contributed by atoms with Crippen LogP contribution in [0, 0.1) is 33.6 Å². The van der Waals surface area contributed by atoms with Crippen molar-refractivity contribution in [1.29, 1.82) is 0 Å². The van der Waals surface area contributed by atoms with Gasteiger partial charge >= 0.3 is 0 Å². The smallest absolute Gasteiger partial charge is 0.253 e. The number of halogens is 1. The third kappa shape index (κ3) is 4.09. The second-order valence-corrected chi connectivity index (χ2v) is 7.89. The molecule has 0 saturated heterocycles. The van der Waals surface area contributed by atoms with Crippen molar-refractivity contribution in [3.8, 4) is 0 Å². The molecule has 3 rings (SSSR count). The zero-order chi connectivity index (χ0) is 18.8. The van der Waals surface area contributed by atoms with Crippen LogP contribution in [0.3, 0.4) is 0 Å². The SMILES string of the molecule is Cc1ncc(Cl)cc1C(=O)N[C@H]1CC[C@H](Cn2nc(C)c(C)c2C)CC1. The van der Waals surface area contributed by atoms with Gasteiger partial charge in [-0.25, -0.2) is 0 Å². The minimum atomic E-state index is -0.0740. The van der Waals surface area contributed by atoms with Crippen LogP contribution in [0.5, 0.6) is 0 Å². The summed E-state index contributed by atoms with van der Waals surface area (Å²) in [6.45, 7) is 9.14. The number of nitrogens with zero attached hydrogens (tertiary/aromatic N) is 3. The van der Waals surface area contributed by atoms with Crippen LogP contribution in [-0.4, -0.2) is 26.7 Å². The van der Waals surface area contributed by atoms with Crippen LogP contribution < -0.4 is 5.32 Å². The molecule has 26 heavy (non-hydrogen) atoms. The third-order valence-electron chi connectivity index (χ3n) is 5.65. The third-order valence-corrected chi connectivity index (χ3v) is 5.86. The molecule has 0 aliphatic heterocycles. The predicted octanol–water partition coefficient (Wildman–Crippen LogP) is 4.15. The highest BCUT2D eigenvalue weighted by Gasteiger charge is 2.24. The maximum atomic E-state index is 12.5. The number of aromatic nitrogens is 3. The van der Waals surface area contributed by atoms with E-state index < -0.39 is 0 Å². The number of nitrogens with one attached hydrogen (secondary N) is 1. The molecule has 0 bridgehead atoms. The summed E-state index contributed by atoms with van der Waals surface area (Å²) < 4.78 is 2.15. The first-order chi connectivity index (χ1) is 12.3. The highest BCUT2D eigenvalue weighted by molar-refractivity contribution is 6.30. The highest BCUT2D eigenvalue weighted by atomic mass is 35.5. The number of aryl methyl sites for hydroxylation is 2. The van der Waals surface area contributed by atoms with E-state index in [1.165, 1.54) is 11.3 Å². The summed E-state index contributed by atoms with van der Waals surface area (Å²) in [7, 11) is 0. The highest BCUT2D eigenvalue weighted by Crippen LogP contribution is 2.27. The molecule has 0 spiro atoms. The summed E-state index contributed by atoms with van der Waals surface area (Å²) in [6.07, 6.45) is 5.78. The summed E-state index contributed by atoms with van der Waals surface area (Å²) in [5, 5.41) is 8.30. The Morgan fingerprint density at radius 3 is 2.50 bits per heavy atom. The van der Waals surface area contributed by atoms with Gasteiger partial charge in [0, 0.05) is 24.5 Å². The summed E-state index contributed by atoms with van der Waals surface area (Å²) in [4.78, 5) is 16.7. The van der Waals surface area contributed by atoms with Crippen molar-refractivity contribution >= 4 is 17.5 Å². The van der Waals surface area contributed by atoms with Crippen molar-refractivity contribution < 1.29 is 4.79 Å². The van der Waals surface area contributed by atoms with Gasteiger partial charge in [-0.15, -0.1) is 0 Å². The van der Waals surface area contributed by atoms with Crippen LogP contribution in [-0.2, 0) is 6.54 Å². The van der Waals surface area contributed by atoms with E-state index in [0.29, 0.717) is 22.2 Å². The van der Waals surface area contributed by atoms with Crippen LogP contribution in [0.1, 0.15) is 58.7 Å². The van der Waals surface area contributed by atoms with Gasteiger partial charge in [-0.1, -0.05) is 11.6 Å². The zero-order valence-electron chi connectivity index (χ0n) is 16.0. The minimum absolute atomic E-state index is 0.0740. The second-order valence-electron chi connectivity index (χ2n) is 7.46. The van der Waals surface area contributed by atoms with Crippen LogP contribution in [0.25, 0.3) is 0 Å². The Morgan fingerprint density at radius 2 is 1.88 bits per heavy atom. The van der Waals surface area contributed by atoms with Crippen LogP contribution >= 0.6 is 11.6 Å². The Hall–Kier alpha value is -1.88. The fourth-order valence-electron chi connectivity index (χ4n) is 3.70. The molecule has 0 unspecified atom stereocenters. The molecule has 2 aromatic rings. The number of hydrogen-bond donors (Lipinski definition) is 1. The molecule has 2 aromatic heterocycles. The average Bonchev–Trinajstić information content (AvgIpc) is 2.85. The van der Waals surface area contributed by atoms with Crippen LogP contribution in [0.4, 0.5) is 0 Å². The summed E-state index contributed by atoms with van der Waals surface area (Å²) in [5.74, 6) is 0.547. The van der Waals surface area contributed by atoms with Gasteiger partial charge in [-0.3, -0.25) is 14.5 Å². The number of carbonyl (C=O) groups is 1. The predicted molar refractivity (Wildman–Crippen MR) is 104 cm³/mol. The Bertz CT molecular complexity index is 806. The topological polar surface area (TPSA) is 59.8 Å². The van der Waals surface area contributed by atoms with E-state index in [1.54, 1.807) is 12.3 Å². The molecule has 2 heterocycles. The fourth-order valence-corrected chi connectivity index (χ4v) is 3.86. The summed E-state index contributed by atoms with van der Waals surface area (Å²) >= 11 is 5.97. The molecule has 140 valence electrons. The Morgan fingerprint density at radius 1 is 1.19 bits per heavy atom. The van der Waals surface area contributed by atoms with Crippen molar-refractivity contribution in [2.24, 2.45) is 5.92 Å². The van der Waals surface area contributed by atoms with E-state index in [2.05, 4.69) is 40.9 Å². The first kappa shape index (κ1) is 18.9. The van der Waals surface area contributed by atoms with Gasteiger partial charge in [-0.2, -0.15) is 5.10 Å². The van der Waals surface area contributed by atoms with Crippen LogP contribution in [0.15, 0.2) is 12.3 Å². The first-order valence-corrected chi connectivity index (χ1v) is 9.66. The van der Waals surface area contributed by atoms with Gasteiger partial charge in [0.15, 0.2) is 0 Å². The van der Waals surface area contributed by atoms with Gasteiger partial charge in [-0.05, 0) is 70.9 Å². The van der Waals surface area contributed by atoms with Gasteiger partial charge in [0.1, 0.15) is 0 Å². The quantitative estimate of drug-likeness (QED) is 0.874. The number of pyridine rings is 1. The van der Waals surface area contributed by atoms with Gasteiger partial charge < -0.3 is 5.32 Å². The maximum absolute atomic E-state index is 12.5. The molecular weight excluding hydrogens is 348 g/mol. The first-order valence-electron chi connectivity index (χ1n) is 9.28. The summed E-state index contributed by atoms with van der Waals surface area (Å²) in [6, 6.07) is 1.91. The van der Waals surface area contributed by atoms with Crippen molar-refractivity contribution in [3.05, 3.63) is 45.5 Å². The van der Waals surface area contributed by atoms with E-state index in [1.807, 2.05) is 6.92 Å². The molecule has 1 aliphatic rings. The molecule has 0 atom stereocenters. The molecule has 1 fully saturated rings. The molecule has 0 radical (unpaired) electrons. The van der Waals surface area contributed by atoms with Gasteiger partial charge in [0.05, 0.1) is 22.0 Å². The van der Waals surface area contributed by atoms with Crippen LogP contribution in [0.2, 0.25) is 5.02 Å². The summed E-state index contributed by atoms with van der Waals surface area (Å²) in [5.41, 5.74) is 4.95. The lowest BCUT2D eigenvalue weighted by molar-refractivity contribution is 0.0919. The zero-order valence-corrected chi connectivity index (χ0v) is 16.7. The number of carbonyl (C=O) groups excluding carboxylic acids is 1. The Labute approximate surface area is 160 Å². The molecular formula is C20H27ClN4O. The van der Waals surface area contributed by atoms with E-state index in [4.69, 9.17) is 11.6 Å². The average molecular weight is 375 g/mol. The van der Waals surface area contributed by atoms with E-state index in [9.17, 15) is 4.79 Å². The lowest BCUT2D eigenvalue weighted by Gasteiger charge is -2.29. The largest absolute Gasteiger partial charge is 0.349 e. The van der Waals surface area contributed by atoms with E-state index >= 15 is 0 Å². The van der Waals surface area contributed by atoms with Crippen molar-refractivity contribution in [2.75, 3.05) is 0 Å². The Balaban J connectivity index is 1.54. The van der Waals surface area contributed by atoms with Gasteiger partial charge in [0.25, 0.3) is 5.91 Å². The maximum Gasteiger partial charge on any atom is 0.253 e. The van der Waals surface area contributed by atoms with Crippen molar-refractivity contribution in [2.45, 2.75) is 66.0 Å². The molecule has 1 aliphatic carbocycles. The van der Waals surface area contributed by atoms with E-state index in [0.717, 1.165) is 37.9 Å². The number of rotatable bonds is 4. The van der Waals surface area contributed by atoms with Crippen molar-refractivity contribution in [1.82, 2.24) is 20.1 Å². The Kier molecular flexibility index (Phi) is 5.66. The molecule has 5 nitrogen and oxygen atoms in total. The number of hydrogen-bond acceptors (Lipinski definition) is 3. The van der Waals surface area contributed by atoms with E-state index in [-0.39, 0.29) is 11.9 Å². The molecule has 1 saturated carbocycles. The molecule has 1 amide bonds. The van der Waals surface area contributed by atoms with Crippen molar-refractivity contribution in [3.63, 3.8) is 0 Å². The normalized spacial score (nSPS) is 20.2. The number of amides is 1. The monoisotopic (exact) mass is 374 g/mol. The molecule has 1 N–H and O–H groups in total. The standard InChI is InChI=1S/C20H27ClN4O/c1-12-13(2)24-25(15(12)4)11-16-5-7-18(8-6-16)23-20(26)19-9-17(21)10-22-14(19)3/h9-10,16,18H,5-8,11H2,1-4H3,(H,23,26)/t16-,18-. The second kappa shape index (κ2) is 7.78. The lowest BCUT2D eigenvalue weighted by Crippen LogP contribution is -2.38. The minimum Gasteiger partial charge on any atom is -0.349 e. The molecule has 6 heteroatoms. The molecule has 0 aromatic carbocycles. The fraction of sp³-hybridized carbons (Fsp3) is 0.550.